The van der Waals surface area contributed by atoms with Crippen molar-refractivity contribution in [3.63, 3.8) is 0 Å². The highest BCUT2D eigenvalue weighted by Crippen LogP contribution is 2.25. The van der Waals surface area contributed by atoms with Crippen molar-refractivity contribution in [1.82, 2.24) is 4.98 Å². The Morgan fingerprint density at radius 1 is 0.923 bits per heavy atom. The molecule has 0 radical (unpaired) electrons. The van der Waals surface area contributed by atoms with Crippen LogP contribution in [0.25, 0.3) is 22.6 Å². The van der Waals surface area contributed by atoms with Gasteiger partial charge < -0.3 is 9.73 Å². The average molecular weight is 342 g/mol. The van der Waals surface area contributed by atoms with Crippen molar-refractivity contribution in [2.24, 2.45) is 0 Å². The van der Waals surface area contributed by atoms with Crippen LogP contribution in [0.3, 0.4) is 0 Å². The van der Waals surface area contributed by atoms with Crippen LogP contribution >= 0.6 is 0 Å². The van der Waals surface area contributed by atoms with Gasteiger partial charge in [-0.2, -0.15) is 0 Å². The molecule has 1 amide bonds. The summed E-state index contributed by atoms with van der Waals surface area (Å²) in [6.07, 6.45) is 0. The van der Waals surface area contributed by atoms with Gasteiger partial charge in [0.1, 0.15) is 5.52 Å². The number of fused-ring (bicyclic) bond motifs is 1. The van der Waals surface area contributed by atoms with E-state index in [1.165, 1.54) is 5.56 Å². The Balaban J connectivity index is 1.53. The summed E-state index contributed by atoms with van der Waals surface area (Å²) in [5.41, 5.74) is 6.10. The summed E-state index contributed by atoms with van der Waals surface area (Å²) >= 11 is 0. The summed E-state index contributed by atoms with van der Waals surface area (Å²) in [6, 6.07) is 20.8. The zero-order valence-electron chi connectivity index (χ0n) is 14.6. The molecule has 0 fully saturated rings. The lowest BCUT2D eigenvalue weighted by molar-refractivity contribution is 0.102. The molecule has 1 aromatic heterocycles. The molecule has 4 nitrogen and oxygen atoms in total. The minimum Gasteiger partial charge on any atom is -0.436 e. The minimum atomic E-state index is -0.122. The van der Waals surface area contributed by atoms with Gasteiger partial charge in [0.15, 0.2) is 5.58 Å². The third kappa shape index (κ3) is 3.09. The van der Waals surface area contributed by atoms with Crippen LogP contribution in [0.1, 0.15) is 21.5 Å². The van der Waals surface area contributed by atoms with Gasteiger partial charge in [0.05, 0.1) is 0 Å². The summed E-state index contributed by atoms with van der Waals surface area (Å²) in [7, 11) is 0. The highest BCUT2D eigenvalue weighted by Gasteiger charge is 2.10. The quantitative estimate of drug-likeness (QED) is 0.545. The smallest absolute Gasteiger partial charge is 0.255 e. The molecule has 4 heteroatoms. The van der Waals surface area contributed by atoms with Crippen LogP contribution < -0.4 is 5.32 Å². The van der Waals surface area contributed by atoms with E-state index < -0.39 is 0 Å². The first-order chi connectivity index (χ1) is 12.6. The number of nitrogens with one attached hydrogen (secondary N) is 1. The molecule has 0 saturated heterocycles. The molecule has 26 heavy (non-hydrogen) atoms. The van der Waals surface area contributed by atoms with Crippen LogP contribution in [0.15, 0.2) is 71.1 Å². The molecule has 0 aliphatic rings. The summed E-state index contributed by atoms with van der Waals surface area (Å²) in [5.74, 6) is 0.445. The lowest BCUT2D eigenvalue weighted by atomic mass is 10.1. The summed E-state index contributed by atoms with van der Waals surface area (Å²) in [4.78, 5) is 16.9. The molecular formula is C22H18N2O2. The number of hydrogen-bond donors (Lipinski definition) is 1. The number of hydrogen-bond acceptors (Lipinski definition) is 3. The van der Waals surface area contributed by atoms with E-state index in [1.807, 2.05) is 80.6 Å². The lowest BCUT2D eigenvalue weighted by Crippen LogP contribution is -2.12. The van der Waals surface area contributed by atoms with Gasteiger partial charge >= 0.3 is 0 Å². The van der Waals surface area contributed by atoms with E-state index in [1.54, 1.807) is 0 Å². The maximum Gasteiger partial charge on any atom is 0.255 e. The van der Waals surface area contributed by atoms with Gasteiger partial charge in [-0.1, -0.05) is 18.2 Å². The topological polar surface area (TPSA) is 55.1 Å². The lowest BCUT2D eigenvalue weighted by Gasteiger charge is -2.07. The van der Waals surface area contributed by atoms with Gasteiger partial charge in [0.2, 0.25) is 5.89 Å². The number of carbonyl (C=O) groups is 1. The predicted molar refractivity (Wildman–Crippen MR) is 103 cm³/mol. The van der Waals surface area contributed by atoms with Crippen molar-refractivity contribution in [3.8, 4) is 11.5 Å². The Hall–Kier alpha value is -3.40. The fourth-order valence-corrected chi connectivity index (χ4v) is 2.78. The predicted octanol–water partition coefficient (Wildman–Crippen LogP) is 5.36. The van der Waals surface area contributed by atoms with Crippen molar-refractivity contribution >= 4 is 22.7 Å². The highest BCUT2D eigenvalue weighted by molar-refractivity contribution is 6.04. The van der Waals surface area contributed by atoms with Crippen LogP contribution in [-0.4, -0.2) is 10.9 Å². The van der Waals surface area contributed by atoms with E-state index in [-0.39, 0.29) is 5.91 Å². The van der Waals surface area contributed by atoms with Crippen molar-refractivity contribution in [1.29, 1.82) is 0 Å². The molecule has 0 atom stereocenters. The molecule has 0 bridgehead atoms. The third-order valence-electron chi connectivity index (χ3n) is 4.45. The van der Waals surface area contributed by atoms with Gasteiger partial charge in [-0.05, 0) is 73.5 Å². The third-order valence-corrected chi connectivity index (χ3v) is 4.45. The number of oxazole rings is 1. The molecule has 0 spiro atoms. The Morgan fingerprint density at radius 3 is 2.42 bits per heavy atom. The number of aryl methyl sites for hydroxylation is 2. The number of para-hydroxylation sites is 2. The fraction of sp³-hybridized carbons (Fsp3) is 0.0909. The molecular weight excluding hydrogens is 324 g/mol. The van der Waals surface area contributed by atoms with E-state index in [9.17, 15) is 4.79 Å². The summed E-state index contributed by atoms with van der Waals surface area (Å²) in [5, 5.41) is 2.92. The standard InChI is InChI=1S/C22H18N2O2/c1-14-7-8-17(13-15(14)2)21(25)23-18-11-9-16(10-12-18)22-24-19-5-3-4-6-20(19)26-22/h3-13H,1-2H3,(H,23,25). The van der Waals surface area contributed by atoms with Gasteiger partial charge in [0, 0.05) is 16.8 Å². The molecule has 0 unspecified atom stereocenters. The Labute approximate surface area is 151 Å². The van der Waals surface area contributed by atoms with Crippen LogP contribution in [0.2, 0.25) is 0 Å². The molecule has 3 aromatic carbocycles. The Bertz CT molecular complexity index is 1060. The van der Waals surface area contributed by atoms with Gasteiger partial charge in [-0.3, -0.25) is 4.79 Å². The number of nitrogens with zero attached hydrogens (tertiary/aromatic N) is 1. The summed E-state index contributed by atoms with van der Waals surface area (Å²) in [6.45, 7) is 4.03. The second-order valence-electron chi connectivity index (χ2n) is 6.32. The SMILES string of the molecule is Cc1ccc(C(=O)Nc2ccc(-c3nc4ccccc4o3)cc2)cc1C. The summed E-state index contributed by atoms with van der Waals surface area (Å²) < 4.78 is 5.77. The zero-order valence-corrected chi connectivity index (χ0v) is 14.6. The van der Waals surface area contributed by atoms with E-state index in [2.05, 4.69) is 10.3 Å². The first kappa shape index (κ1) is 16.1. The molecule has 1 heterocycles. The average Bonchev–Trinajstić information content (AvgIpc) is 3.08. The molecule has 0 saturated carbocycles. The molecule has 0 aliphatic carbocycles. The molecule has 0 aliphatic heterocycles. The zero-order chi connectivity index (χ0) is 18.1. The fourth-order valence-electron chi connectivity index (χ4n) is 2.78. The molecule has 4 aromatic rings. The van der Waals surface area contributed by atoms with Crippen molar-refractivity contribution in [3.05, 3.63) is 83.4 Å². The van der Waals surface area contributed by atoms with E-state index in [0.717, 1.165) is 27.9 Å². The number of benzene rings is 3. The van der Waals surface area contributed by atoms with Gasteiger partial charge in [-0.25, -0.2) is 4.98 Å². The normalized spacial score (nSPS) is 10.8. The monoisotopic (exact) mass is 342 g/mol. The van der Waals surface area contributed by atoms with Gasteiger partial charge in [-0.15, -0.1) is 0 Å². The van der Waals surface area contributed by atoms with Crippen LogP contribution in [0, 0.1) is 13.8 Å². The van der Waals surface area contributed by atoms with Gasteiger partial charge in [0.25, 0.3) is 5.91 Å². The highest BCUT2D eigenvalue weighted by atomic mass is 16.3. The Kier molecular flexibility index (Phi) is 4.01. The first-order valence-electron chi connectivity index (χ1n) is 8.45. The van der Waals surface area contributed by atoms with E-state index in [4.69, 9.17) is 4.42 Å². The van der Waals surface area contributed by atoms with Crippen molar-refractivity contribution in [2.45, 2.75) is 13.8 Å². The molecule has 128 valence electrons. The number of amides is 1. The van der Waals surface area contributed by atoms with Crippen molar-refractivity contribution in [2.75, 3.05) is 5.32 Å². The number of aromatic nitrogens is 1. The van der Waals surface area contributed by atoms with Crippen LogP contribution in [0.4, 0.5) is 5.69 Å². The second-order valence-corrected chi connectivity index (χ2v) is 6.32. The largest absolute Gasteiger partial charge is 0.436 e. The van der Waals surface area contributed by atoms with Crippen LogP contribution in [0.5, 0.6) is 0 Å². The molecule has 4 rings (SSSR count). The minimum absolute atomic E-state index is 0.122. The molecule has 1 N–H and O–H groups in total. The second kappa shape index (κ2) is 6.48. The number of anilines is 1. The van der Waals surface area contributed by atoms with E-state index in [0.29, 0.717) is 11.5 Å². The maximum absolute atomic E-state index is 12.4. The van der Waals surface area contributed by atoms with Crippen molar-refractivity contribution < 1.29 is 9.21 Å². The number of carbonyl (C=O) groups excluding carboxylic acids is 1. The maximum atomic E-state index is 12.4. The van der Waals surface area contributed by atoms with E-state index >= 15 is 0 Å². The van der Waals surface area contributed by atoms with Crippen LogP contribution in [-0.2, 0) is 0 Å². The Morgan fingerprint density at radius 2 is 1.69 bits per heavy atom. The number of rotatable bonds is 3. The first-order valence-corrected chi connectivity index (χ1v) is 8.45.